The molecule has 0 radical (unpaired) electrons. The summed E-state index contributed by atoms with van der Waals surface area (Å²) in [5, 5.41) is 11.6. The highest BCUT2D eigenvalue weighted by molar-refractivity contribution is 8.01. The number of anilines is 1. The van der Waals surface area contributed by atoms with Crippen LogP contribution in [-0.4, -0.2) is 44.5 Å². The molecule has 2 amide bonds. The van der Waals surface area contributed by atoms with E-state index in [2.05, 4.69) is 5.32 Å². The van der Waals surface area contributed by atoms with Crippen LogP contribution in [0, 0.1) is 0 Å². The van der Waals surface area contributed by atoms with Gasteiger partial charge in [-0.15, -0.1) is 11.8 Å². The molecule has 7 heteroatoms. The van der Waals surface area contributed by atoms with Crippen LogP contribution in [0.15, 0.2) is 24.3 Å². The van der Waals surface area contributed by atoms with Crippen molar-refractivity contribution in [3.05, 3.63) is 29.8 Å². The Morgan fingerprint density at radius 3 is 3.00 bits per heavy atom. The quantitative estimate of drug-likeness (QED) is 0.875. The molecule has 0 aromatic heterocycles. The number of carbonyl (C=O) groups excluding carboxylic acids is 2. The first-order chi connectivity index (χ1) is 10.9. The van der Waals surface area contributed by atoms with Gasteiger partial charge in [-0.05, 0) is 31.0 Å². The summed E-state index contributed by atoms with van der Waals surface area (Å²) in [6, 6.07) is 6.32. The average molecular weight is 334 g/mol. The third-order valence-electron chi connectivity index (χ3n) is 4.30. The molecule has 122 valence electrons. The summed E-state index contributed by atoms with van der Waals surface area (Å²) in [5.74, 6) is -0.525. The lowest BCUT2D eigenvalue weighted by Gasteiger charge is -2.29. The van der Waals surface area contributed by atoms with Crippen LogP contribution < -0.4 is 5.32 Å². The second-order valence-corrected chi connectivity index (χ2v) is 7.53. The molecule has 23 heavy (non-hydrogen) atoms. The van der Waals surface area contributed by atoms with Crippen LogP contribution >= 0.6 is 11.8 Å². The van der Waals surface area contributed by atoms with Crippen molar-refractivity contribution in [2.24, 2.45) is 0 Å². The highest BCUT2D eigenvalue weighted by atomic mass is 32.2. The first-order valence-electron chi connectivity index (χ1n) is 7.47. The van der Waals surface area contributed by atoms with Gasteiger partial charge in [0, 0.05) is 17.9 Å². The van der Waals surface area contributed by atoms with E-state index in [1.165, 1.54) is 0 Å². The van der Waals surface area contributed by atoms with Gasteiger partial charge < -0.3 is 15.3 Å². The third kappa shape index (κ3) is 3.06. The number of fused-ring (bicyclic) bond motifs is 1. The topological polar surface area (TPSA) is 86.7 Å². The number of rotatable bonds is 4. The highest BCUT2D eigenvalue weighted by Crippen LogP contribution is 2.47. The van der Waals surface area contributed by atoms with Gasteiger partial charge in [0.25, 0.3) is 0 Å². The zero-order chi connectivity index (χ0) is 16.6. The van der Waals surface area contributed by atoms with Crippen LogP contribution in [0.5, 0.6) is 0 Å². The number of hydrogen-bond acceptors (Lipinski definition) is 4. The number of nitrogens with zero attached hydrogens (tertiary/aromatic N) is 1. The van der Waals surface area contributed by atoms with Gasteiger partial charge in [-0.1, -0.05) is 12.1 Å². The van der Waals surface area contributed by atoms with Crippen molar-refractivity contribution >= 4 is 35.2 Å². The smallest absolute Gasteiger partial charge is 0.307 e. The summed E-state index contributed by atoms with van der Waals surface area (Å²) < 4.78 is 0. The third-order valence-corrected chi connectivity index (χ3v) is 5.80. The van der Waals surface area contributed by atoms with Crippen LogP contribution in [0.25, 0.3) is 0 Å². The zero-order valence-electron chi connectivity index (χ0n) is 12.7. The Kier molecular flexibility index (Phi) is 4.06. The molecule has 0 spiro atoms. The molecule has 1 aromatic carbocycles. The number of benzene rings is 1. The maximum absolute atomic E-state index is 12.5. The minimum atomic E-state index is -0.918. The lowest BCUT2D eigenvalue weighted by Crippen LogP contribution is -2.48. The highest BCUT2D eigenvalue weighted by Gasteiger charge is 2.52. The number of aliphatic carboxylic acids is 1. The van der Waals surface area contributed by atoms with Crippen molar-refractivity contribution < 1.29 is 19.5 Å². The van der Waals surface area contributed by atoms with E-state index in [4.69, 9.17) is 5.11 Å². The molecule has 2 aliphatic rings. The van der Waals surface area contributed by atoms with Crippen LogP contribution in [0.3, 0.4) is 0 Å². The first kappa shape index (κ1) is 15.9. The fraction of sp³-hybridized carbons (Fsp3) is 0.438. The van der Waals surface area contributed by atoms with E-state index in [1.807, 2.05) is 6.92 Å². The predicted molar refractivity (Wildman–Crippen MR) is 87.1 cm³/mol. The fourth-order valence-electron chi connectivity index (χ4n) is 3.17. The van der Waals surface area contributed by atoms with Gasteiger partial charge >= 0.3 is 5.97 Å². The number of thioether (sulfide) groups is 1. The van der Waals surface area contributed by atoms with Crippen molar-refractivity contribution in [3.8, 4) is 0 Å². The van der Waals surface area contributed by atoms with Gasteiger partial charge in [0.15, 0.2) is 0 Å². The lowest BCUT2D eigenvalue weighted by molar-refractivity contribution is -0.136. The van der Waals surface area contributed by atoms with E-state index in [-0.39, 0.29) is 23.1 Å². The van der Waals surface area contributed by atoms with E-state index in [0.717, 1.165) is 6.42 Å². The van der Waals surface area contributed by atoms with Crippen LogP contribution in [0.1, 0.15) is 25.3 Å². The minimum absolute atomic E-state index is 0.0253. The van der Waals surface area contributed by atoms with Gasteiger partial charge in [0.1, 0.15) is 6.04 Å². The molecule has 2 unspecified atom stereocenters. The Morgan fingerprint density at radius 1 is 1.48 bits per heavy atom. The maximum atomic E-state index is 12.5. The van der Waals surface area contributed by atoms with Crippen molar-refractivity contribution in [2.75, 3.05) is 11.1 Å². The van der Waals surface area contributed by atoms with Crippen molar-refractivity contribution in [1.82, 2.24) is 4.90 Å². The molecule has 1 aromatic rings. The van der Waals surface area contributed by atoms with Crippen LogP contribution in [-0.2, 0) is 20.8 Å². The fourth-order valence-corrected chi connectivity index (χ4v) is 4.61. The summed E-state index contributed by atoms with van der Waals surface area (Å²) in [6.07, 6.45) is 1.17. The summed E-state index contributed by atoms with van der Waals surface area (Å²) in [4.78, 5) is 36.8. The van der Waals surface area contributed by atoms with Gasteiger partial charge in [0.05, 0.1) is 11.3 Å². The molecule has 0 saturated carbocycles. The van der Waals surface area contributed by atoms with Crippen molar-refractivity contribution in [1.29, 1.82) is 0 Å². The molecule has 3 rings (SSSR count). The standard InChI is InChI=1S/C16H18N2O4S/c1-16-6-5-13(19)18(16)12(9-23-16)15(22)17-11-4-2-3-10(7-11)8-14(20)21/h2-4,7,12H,5-6,8-9H2,1H3,(H,17,22)(H,20,21). The largest absolute Gasteiger partial charge is 0.481 e. The summed E-state index contributed by atoms with van der Waals surface area (Å²) in [7, 11) is 0. The summed E-state index contributed by atoms with van der Waals surface area (Å²) in [6.45, 7) is 2.00. The van der Waals surface area contributed by atoms with Gasteiger partial charge in [-0.25, -0.2) is 0 Å². The second kappa shape index (κ2) is 5.88. The number of nitrogens with one attached hydrogen (secondary N) is 1. The number of carboxylic acid groups (broad SMARTS) is 1. The molecular formula is C16H18N2O4S. The summed E-state index contributed by atoms with van der Waals surface area (Å²) >= 11 is 1.64. The molecule has 0 bridgehead atoms. The van der Waals surface area contributed by atoms with E-state index in [0.29, 0.717) is 23.4 Å². The minimum Gasteiger partial charge on any atom is -0.481 e. The number of carboxylic acids is 1. The molecule has 0 aliphatic carbocycles. The molecule has 2 heterocycles. The monoisotopic (exact) mass is 334 g/mol. The zero-order valence-corrected chi connectivity index (χ0v) is 13.6. The average Bonchev–Trinajstić information content (AvgIpc) is 2.96. The Hall–Kier alpha value is -2.02. The van der Waals surface area contributed by atoms with Gasteiger partial charge in [0.2, 0.25) is 11.8 Å². The van der Waals surface area contributed by atoms with Crippen molar-refractivity contribution in [2.45, 2.75) is 37.1 Å². The van der Waals surface area contributed by atoms with Crippen molar-refractivity contribution in [3.63, 3.8) is 0 Å². The molecule has 2 fully saturated rings. The van der Waals surface area contributed by atoms with E-state index in [1.54, 1.807) is 40.9 Å². The first-order valence-corrected chi connectivity index (χ1v) is 8.45. The van der Waals surface area contributed by atoms with E-state index >= 15 is 0 Å². The van der Waals surface area contributed by atoms with Gasteiger partial charge in [-0.2, -0.15) is 0 Å². The Balaban J connectivity index is 1.72. The molecule has 2 atom stereocenters. The van der Waals surface area contributed by atoms with E-state index in [9.17, 15) is 14.4 Å². The maximum Gasteiger partial charge on any atom is 0.307 e. The van der Waals surface area contributed by atoms with Crippen LogP contribution in [0.2, 0.25) is 0 Å². The van der Waals surface area contributed by atoms with E-state index < -0.39 is 12.0 Å². The molecule has 2 saturated heterocycles. The van der Waals surface area contributed by atoms with Gasteiger partial charge in [-0.3, -0.25) is 14.4 Å². The second-order valence-electron chi connectivity index (χ2n) is 6.03. The van der Waals surface area contributed by atoms with Crippen LogP contribution in [0.4, 0.5) is 5.69 Å². The Bertz CT molecular complexity index is 678. The lowest BCUT2D eigenvalue weighted by atomic mass is 10.1. The predicted octanol–water partition coefficient (Wildman–Crippen LogP) is 1.71. The number of hydrogen-bond donors (Lipinski definition) is 2. The SMILES string of the molecule is CC12CCC(=O)N1C(C(=O)Nc1cccc(CC(=O)O)c1)CS2. The molecule has 6 nitrogen and oxygen atoms in total. The normalized spacial score (nSPS) is 26.2. The molecule has 2 aliphatic heterocycles. The number of carbonyl (C=O) groups is 3. The molecular weight excluding hydrogens is 316 g/mol. The Morgan fingerprint density at radius 2 is 2.26 bits per heavy atom. The number of amides is 2. The summed E-state index contributed by atoms with van der Waals surface area (Å²) in [5.41, 5.74) is 1.18. The Labute approximate surface area is 138 Å². The molecule has 2 N–H and O–H groups in total.